The van der Waals surface area contributed by atoms with Gasteiger partial charge in [0.1, 0.15) is 3.92 Å². The summed E-state index contributed by atoms with van der Waals surface area (Å²) < 4.78 is 6.19. The molecule has 0 heterocycles. The first-order chi connectivity index (χ1) is 5.57. The summed E-state index contributed by atoms with van der Waals surface area (Å²) in [4.78, 5) is 11.2. The maximum absolute atomic E-state index is 11.2. The minimum Gasteiger partial charge on any atom is -0.462 e. The molecule has 0 aromatic rings. The summed E-state index contributed by atoms with van der Waals surface area (Å²) in [7, 11) is 0. The van der Waals surface area contributed by atoms with Crippen LogP contribution in [0.1, 0.15) is 26.7 Å². The lowest BCUT2D eigenvalue weighted by Crippen LogP contribution is -2.21. The predicted molar refractivity (Wildman–Crippen MR) is 67.2 cm³/mol. The van der Waals surface area contributed by atoms with Crippen LogP contribution in [0.2, 0.25) is 0 Å². The van der Waals surface area contributed by atoms with E-state index in [1.165, 1.54) is 0 Å². The Morgan fingerprint density at radius 3 is 2.50 bits per heavy atom. The molecule has 0 amide bonds. The molecule has 4 heteroatoms. The standard InChI is InChI=1S/C8H14I2O2/c1-6(2)12-8(11)7(10)4-3-5-9/h6-7H,3-5H2,1-2H3. The fraction of sp³-hybridized carbons (Fsp3) is 0.875. The highest BCUT2D eigenvalue weighted by Crippen LogP contribution is 2.12. The van der Waals surface area contributed by atoms with Crippen molar-refractivity contribution in [3.8, 4) is 0 Å². The van der Waals surface area contributed by atoms with Gasteiger partial charge >= 0.3 is 5.97 Å². The summed E-state index contributed by atoms with van der Waals surface area (Å²) in [6.07, 6.45) is 2.02. The molecule has 0 aliphatic heterocycles. The van der Waals surface area contributed by atoms with Gasteiger partial charge in [-0.05, 0) is 31.1 Å². The van der Waals surface area contributed by atoms with Crippen LogP contribution in [-0.2, 0) is 9.53 Å². The number of carbonyl (C=O) groups is 1. The van der Waals surface area contributed by atoms with Gasteiger partial charge in [0, 0.05) is 0 Å². The van der Waals surface area contributed by atoms with Crippen molar-refractivity contribution in [3.05, 3.63) is 0 Å². The minimum atomic E-state index is -0.0737. The molecule has 0 aromatic carbocycles. The maximum Gasteiger partial charge on any atom is 0.319 e. The van der Waals surface area contributed by atoms with E-state index < -0.39 is 0 Å². The molecule has 0 N–H and O–H groups in total. The van der Waals surface area contributed by atoms with Gasteiger partial charge in [-0.2, -0.15) is 0 Å². The highest BCUT2D eigenvalue weighted by Gasteiger charge is 2.16. The average molecular weight is 396 g/mol. The SMILES string of the molecule is CC(C)OC(=O)C(I)CCCI. The zero-order chi connectivity index (χ0) is 9.56. The number of ether oxygens (including phenoxy) is 1. The van der Waals surface area contributed by atoms with Crippen LogP contribution in [0.25, 0.3) is 0 Å². The van der Waals surface area contributed by atoms with Crippen molar-refractivity contribution in [2.24, 2.45) is 0 Å². The molecule has 0 aliphatic rings. The third-order valence-electron chi connectivity index (χ3n) is 1.20. The maximum atomic E-state index is 11.2. The van der Waals surface area contributed by atoms with Gasteiger partial charge in [0.05, 0.1) is 6.10 Å². The highest BCUT2D eigenvalue weighted by molar-refractivity contribution is 14.1. The molecule has 0 saturated carbocycles. The van der Waals surface area contributed by atoms with Crippen LogP contribution in [0.4, 0.5) is 0 Å². The van der Waals surface area contributed by atoms with E-state index in [9.17, 15) is 4.79 Å². The first kappa shape index (κ1) is 12.9. The van der Waals surface area contributed by atoms with Gasteiger partial charge in [-0.3, -0.25) is 4.79 Å². The Balaban J connectivity index is 3.61. The van der Waals surface area contributed by atoms with Gasteiger partial charge in [-0.1, -0.05) is 45.2 Å². The van der Waals surface area contributed by atoms with E-state index >= 15 is 0 Å². The van der Waals surface area contributed by atoms with Crippen molar-refractivity contribution >= 4 is 51.2 Å². The number of hydrogen-bond donors (Lipinski definition) is 0. The fourth-order valence-electron chi connectivity index (χ4n) is 0.680. The van der Waals surface area contributed by atoms with E-state index in [1.807, 2.05) is 13.8 Å². The minimum absolute atomic E-state index is 0.00867. The molecule has 0 bridgehead atoms. The van der Waals surface area contributed by atoms with Crippen molar-refractivity contribution in [3.63, 3.8) is 0 Å². The number of carbonyl (C=O) groups excluding carboxylic acids is 1. The third kappa shape index (κ3) is 6.45. The van der Waals surface area contributed by atoms with Crippen LogP contribution in [0.5, 0.6) is 0 Å². The van der Waals surface area contributed by atoms with Crippen LogP contribution >= 0.6 is 45.2 Å². The average Bonchev–Trinajstić information content (AvgIpc) is 1.98. The Morgan fingerprint density at radius 2 is 2.08 bits per heavy atom. The van der Waals surface area contributed by atoms with E-state index in [1.54, 1.807) is 0 Å². The van der Waals surface area contributed by atoms with Gasteiger partial charge in [0.25, 0.3) is 0 Å². The van der Waals surface area contributed by atoms with Crippen molar-refractivity contribution in [1.29, 1.82) is 0 Å². The molecule has 0 spiro atoms. The van der Waals surface area contributed by atoms with Crippen LogP contribution < -0.4 is 0 Å². The molecule has 0 fully saturated rings. The molecule has 0 radical (unpaired) electrons. The van der Waals surface area contributed by atoms with Crippen molar-refractivity contribution in [1.82, 2.24) is 0 Å². The monoisotopic (exact) mass is 396 g/mol. The summed E-state index contributed by atoms with van der Waals surface area (Å²) in [5.41, 5.74) is 0. The third-order valence-corrected chi connectivity index (χ3v) is 3.09. The Labute approximate surface area is 101 Å². The van der Waals surface area contributed by atoms with Gasteiger partial charge in [-0.25, -0.2) is 0 Å². The zero-order valence-corrected chi connectivity index (χ0v) is 11.7. The van der Waals surface area contributed by atoms with Gasteiger partial charge < -0.3 is 4.74 Å². The van der Waals surface area contributed by atoms with E-state index in [-0.39, 0.29) is 16.0 Å². The van der Waals surface area contributed by atoms with Crippen LogP contribution in [0, 0.1) is 0 Å². The molecule has 0 aromatic heterocycles. The molecule has 0 saturated heterocycles. The Bertz CT molecular complexity index is 137. The summed E-state index contributed by atoms with van der Waals surface area (Å²) in [5.74, 6) is -0.0737. The number of rotatable bonds is 5. The van der Waals surface area contributed by atoms with E-state index in [0.29, 0.717) is 0 Å². The van der Waals surface area contributed by atoms with E-state index in [4.69, 9.17) is 4.74 Å². The molecule has 1 atom stereocenters. The van der Waals surface area contributed by atoms with Gasteiger partial charge in [-0.15, -0.1) is 0 Å². The normalized spacial score (nSPS) is 13.1. The van der Waals surface area contributed by atoms with Crippen molar-refractivity contribution < 1.29 is 9.53 Å². The molecular weight excluding hydrogens is 382 g/mol. The van der Waals surface area contributed by atoms with Gasteiger partial charge in [0.15, 0.2) is 0 Å². The smallest absolute Gasteiger partial charge is 0.319 e. The van der Waals surface area contributed by atoms with Crippen molar-refractivity contribution in [2.75, 3.05) is 4.43 Å². The second-order valence-electron chi connectivity index (χ2n) is 2.78. The van der Waals surface area contributed by atoms with E-state index in [2.05, 4.69) is 45.2 Å². The largest absolute Gasteiger partial charge is 0.462 e. The lowest BCUT2D eigenvalue weighted by Gasteiger charge is -2.11. The summed E-state index contributed by atoms with van der Waals surface area (Å²) in [6.45, 7) is 3.75. The first-order valence-corrected chi connectivity index (χ1v) is 6.75. The first-order valence-electron chi connectivity index (χ1n) is 3.98. The zero-order valence-electron chi connectivity index (χ0n) is 7.35. The number of alkyl halides is 2. The van der Waals surface area contributed by atoms with Crippen LogP contribution in [-0.4, -0.2) is 20.4 Å². The molecule has 2 nitrogen and oxygen atoms in total. The second kappa shape index (κ2) is 7.34. The topological polar surface area (TPSA) is 26.3 Å². The molecule has 0 aliphatic carbocycles. The molecule has 72 valence electrons. The Morgan fingerprint density at radius 1 is 1.50 bits per heavy atom. The lowest BCUT2D eigenvalue weighted by atomic mass is 10.2. The molecule has 0 rings (SSSR count). The number of halogens is 2. The van der Waals surface area contributed by atoms with Gasteiger partial charge in [0.2, 0.25) is 0 Å². The summed E-state index contributed by atoms with van der Waals surface area (Å²) in [6, 6.07) is 0. The molecular formula is C8H14I2O2. The fourth-order valence-corrected chi connectivity index (χ4v) is 1.71. The number of esters is 1. The second-order valence-corrected chi connectivity index (χ2v) is 5.37. The summed E-state index contributed by atoms with van der Waals surface area (Å²) >= 11 is 4.46. The van der Waals surface area contributed by atoms with Crippen molar-refractivity contribution in [2.45, 2.75) is 36.7 Å². The quantitative estimate of drug-likeness (QED) is 0.406. The number of hydrogen-bond acceptors (Lipinski definition) is 2. The summed E-state index contributed by atoms with van der Waals surface area (Å²) in [5, 5.41) is 0. The molecule has 12 heavy (non-hydrogen) atoms. The highest BCUT2D eigenvalue weighted by atomic mass is 127. The van der Waals surface area contributed by atoms with E-state index in [0.717, 1.165) is 17.3 Å². The predicted octanol–water partition coefficient (Wildman–Crippen LogP) is 2.96. The van der Waals surface area contributed by atoms with Crippen LogP contribution in [0.3, 0.4) is 0 Å². The Hall–Kier alpha value is 0.930. The Kier molecular flexibility index (Phi) is 7.91. The molecule has 1 unspecified atom stereocenters. The van der Waals surface area contributed by atoms with Crippen LogP contribution in [0.15, 0.2) is 0 Å². The lowest BCUT2D eigenvalue weighted by molar-refractivity contribution is -0.146.